The van der Waals surface area contributed by atoms with E-state index in [0.717, 1.165) is 42.9 Å². The molecular formula is C14H22BrNO2. The van der Waals surface area contributed by atoms with Gasteiger partial charge in [0.1, 0.15) is 5.75 Å². The van der Waals surface area contributed by atoms with Crippen LogP contribution in [0.5, 0.6) is 5.75 Å². The van der Waals surface area contributed by atoms with Gasteiger partial charge >= 0.3 is 0 Å². The number of hydrogen-bond donors (Lipinski definition) is 1. The first-order valence-electron chi connectivity index (χ1n) is 6.47. The molecule has 0 saturated carbocycles. The molecule has 1 aromatic carbocycles. The lowest BCUT2D eigenvalue weighted by atomic mass is 10.2. The Bertz CT molecular complexity index is 345. The average molecular weight is 316 g/mol. The summed E-state index contributed by atoms with van der Waals surface area (Å²) in [6.45, 7) is 8.17. The van der Waals surface area contributed by atoms with Gasteiger partial charge in [-0.25, -0.2) is 0 Å². The summed E-state index contributed by atoms with van der Waals surface area (Å²) in [5, 5.41) is 3.40. The van der Waals surface area contributed by atoms with Crippen molar-refractivity contribution in [3.05, 3.63) is 28.2 Å². The van der Waals surface area contributed by atoms with Crippen molar-refractivity contribution in [1.29, 1.82) is 0 Å². The van der Waals surface area contributed by atoms with Gasteiger partial charge in [-0.3, -0.25) is 0 Å². The second kappa shape index (κ2) is 9.36. The fourth-order valence-corrected chi connectivity index (χ4v) is 2.14. The van der Waals surface area contributed by atoms with E-state index in [1.165, 1.54) is 5.56 Å². The standard InChI is InChI=1S/C14H22BrNO2/c1-3-17-9-5-8-16-11-12-6-7-14(18-4-2)13(15)10-12/h6-7,10,16H,3-5,8-9,11H2,1-2H3. The molecule has 0 bridgehead atoms. The molecule has 0 saturated heterocycles. The van der Waals surface area contributed by atoms with Crippen molar-refractivity contribution in [3.63, 3.8) is 0 Å². The predicted octanol–water partition coefficient (Wildman–Crippen LogP) is 3.36. The van der Waals surface area contributed by atoms with E-state index >= 15 is 0 Å². The number of ether oxygens (including phenoxy) is 2. The van der Waals surface area contributed by atoms with Gasteiger partial charge in [-0.15, -0.1) is 0 Å². The zero-order valence-electron chi connectivity index (χ0n) is 11.2. The molecule has 18 heavy (non-hydrogen) atoms. The fourth-order valence-electron chi connectivity index (χ4n) is 1.60. The highest BCUT2D eigenvalue weighted by Crippen LogP contribution is 2.25. The average Bonchev–Trinajstić information content (AvgIpc) is 2.37. The highest BCUT2D eigenvalue weighted by molar-refractivity contribution is 9.10. The Labute approximate surface area is 118 Å². The molecule has 0 aromatic heterocycles. The Kier molecular flexibility index (Phi) is 8.05. The first-order chi connectivity index (χ1) is 8.77. The van der Waals surface area contributed by atoms with Crippen LogP contribution in [-0.4, -0.2) is 26.4 Å². The second-order valence-corrected chi connectivity index (χ2v) is 4.78. The minimum atomic E-state index is 0.688. The molecule has 1 rings (SSSR count). The topological polar surface area (TPSA) is 30.5 Å². The van der Waals surface area contributed by atoms with Crippen molar-refractivity contribution in [3.8, 4) is 5.75 Å². The molecule has 0 fully saturated rings. The molecule has 0 unspecified atom stereocenters. The quantitative estimate of drug-likeness (QED) is 0.709. The number of halogens is 1. The Hall–Kier alpha value is -0.580. The molecule has 0 radical (unpaired) electrons. The highest BCUT2D eigenvalue weighted by Gasteiger charge is 2.01. The van der Waals surface area contributed by atoms with Gasteiger partial charge in [0.25, 0.3) is 0 Å². The lowest BCUT2D eigenvalue weighted by Gasteiger charge is -2.09. The van der Waals surface area contributed by atoms with Crippen LogP contribution in [0.2, 0.25) is 0 Å². The Morgan fingerprint density at radius 2 is 2.06 bits per heavy atom. The van der Waals surface area contributed by atoms with Gasteiger partial charge < -0.3 is 14.8 Å². The van der Waals surface area contributed by atoms with Crippen LogP contribution in [0.15, 0.2) is 22.7 Å². The number of hydrogen-bond acceptors (Lipinski definition) is 3. The van der Waals surface area contributed by atoms with Crippen molar-refractivity contribution in [2.24, 2.45) is 0 Å². The molecule has 3 nitrogen and oxygen atoms in total. The summed E-state index contributed by atoms with van der Waals surface area (Å²) in [6.07, 6.45) is 1.05. The molecule has 0 aliphatic rings. The summed E-state index contributed by atoms with van der Waals surface area (Å²) >= 11 is 3.52. The number of nitrogens with one attached hydrogen (secondary N) is 1. The molecule has 0 aliphatic carbocycles. The van der Waals surface area contributed by atoms with Gasteiger partial charge in [-0.1, -0.05) is 6.07 Å². The predicted molar refractivity (Wildman–Crippen MR) is 78.1 cm³/mol. The number of benzene rings is 1. The van der Waals surface area contributed by atoms with Crippen molar-refractivity contribution in [2.45, 2.75) is 26.8 Å². The summed E-state index contributed by atoms with van der Waals surface area (Å²) in [4.78, 5) is 0. The van der Waals surface area contributed by atoms with E-state index < -0.39 is 0 Å². The Morgan fingerprint density at radius 1 is 1.22 bits per heavy atom. The molecule has 102 valence electrons. The third-order valence-corrected chi connectivity index (χ3v) is 3.09. The van der Waals surface area contributed by atoms with Gasteiger partial charge in [0.2, 0.25) is 0 Å². The summed E-state index contributed by atoms with van der Waals surface area (Å²) < 4.78 is 11.8. The van der Waals surface area contributed by atoms with Crippen LogP contribution in [-0.2, 0) is 11.3 Å². The third kappa shape index (κ3) is 5.85. The normalized spacial score (nSPS) is 10.6. The largest absolute Gasteiger partial charge is 0.493 e. The molecule has 0 amide bonds. The molecule has 0 spiro atoms. The molecule has 1 N–H and O–H groups in total. The summed E-state index contributed by atoms with van der Waals surface area (Å²) in [5.41, 5.74) is 1.25. The summed E-state index contributed by atoms with van der Waals surface area (Å²) in [5.74, 6) is 0.901. The first-order valence-corrected chi connectivity index (χ1v) is 7.27. The molecule has 4 heteroatoms. The maximum absolute atomic E-state index is 5.48. The molecule has 0 atom stereocenters. The van der Waals surface area contributed by atoms with E-state index in [2.05, 4.69) is 33.4 Å². The SMILES string of the molecule is CCOCCCNCc1ccc(OCC)c(Br)c1. The van der Waals surface area contributed by atoms with Gasteiger partial charge in [-0.05, 0) is 60.4 Å². The zero-order valence-corrected chi connectivity index (χ0v) is 12.8. The minimum absolute atomic E-state index is 0.688. The van der Waals surface area contributed by atoms with Crippen LogP contribution in [0.4, 0.5) is 0 Å². The molecule has 0 aliphatic heterocycles. The van der Waals surface area contributed by atoms with E-state index in [4.69, 9.17) is 9.47 Å². The Morgan fingerprint density at radius 3 is 2.72 bits per heavy atom. The summed E-state index contributed by atoms with van der Waals surface area (Å²) in [7, 11) is 0. The lowest BCUT2D eigenvalue weighted by molar-refractivity contribution is 0.144. The van der Waals surface area contributed by atoms with Crippen LogP contribution in [0.3, 0.4) is 0 Å². The van der Waals surface area contributed by atoms with Crippen LogP contribution in [0, 0.1) is 0 Å². The van der Waals surface area contributed by atoms with Crippen LogP contribution in [0.1, 0.15) is 25.8 Å². The van der Waals surface area contributed by atoms with Gasteiger partial charge in [-0.2, -0.15) is 0 Å². The monoisotopic (exact) mass is 315 g/mol. The summed E-state index contributed by atoms with van der Waals surface area (Å²) in [6, 6.07) is 6.19. The zero-order chi connectivity index (χ0) is 13.2. The van der Waals surface area contributed by atoms with E-state index in [1.807, 2.05) is 19.9 Å². The van der Waals surface area contributed by atoms with E-state index in [0.29, 0.717) is 6.61 Å². The lowest BCUT2D eigenvalue weighted by Crippen LogP contribution is -2.16. The van der Waals surface area contributed by atoms with Crippen LogP contribution >= 0.6 is 15.9 Å². The first kappa shape index (κ1) is 15.5. The minimum Gasteiger partial charge on any atom is -0.493 e. The van der Waals surface area contributed by atoms with E-state index in [-0.39, 0.29) is 0 Å². The highest BCUT2D eigenvalue weighted by atomic mass is 79.9. The van der Waals surface area contributed by atoms with Gasteiger partial charge in [0, 0.05) is 19.8 Å². The van der Waals surface area contributed by atoms with Gasteiger partial charge in [0.15, 0.2) is 0 Å². The van der Waals surface area contributed by atoms with Crippen molar-refractivity contribution in [1.82, 2.24) is 5.32 Å². The van der Waals surface area contributed by atoms with Crippen LogP contribution < -0.4 is 10.1 Å². The van der Waals surface area contributed by atoms with E-state index in [1.54, 1.807) is 0 Å². The smallest absolute Gasteiger partial charge is 0.133 e. The molecule has 1 aromatic rings. The second-order valence-electron chi connectivity index (χ2n) is 3.93. The fraction of sp³-hybridized carbons (Fsp3) is 0.571. The molecular weight excluding hydrogens is 294 g/mol. The van der Waals surface area contributed by atoms with Crippen molar-refractivity contribution < 1.29 is 9.47 Å². The van der Waals surface area contributed by atoms with E-state index in [9.17, 15) is 0 Å². The van der Waals surface area contributed by atoms with Gasteiger partial charge in [0.05, 0.1) is 11.1 Å². The van der Waals surface area contributed by atoms with Crippen molar-refractivity contribution in [2.75, 3.05) is 26.4 Å². The maximum atomic E-state index is 5.48. The third-order valence-electron chi connectivity index (χ3n) is 2.47. The van der Waals surface area contributed by atoms with Crippen molar-refractivity contribution >= 4 is 15.9 Å². The van der Waals surface area contributed by atoms with Crippen LogP contribution in [0.25, 0.3) is 0 Å². The molecule has 0 heterocycles. The Balaban J connectivity index is 2.28. The number of rotatable bonds is 9. The maximum Gasteiger partial charge on any atom is 0.133 e.